The lowest BCUT2D eigenvalue weighted by molar-refractivity contribution is -0.148. The van der Waals surface area contributed by atoms with Gasteiger partial charge in [-0.1, -0.05) is 19.1 Å². The van der Waals surface area contributed by atoms with E-state index in [1.165, 1.54) is 29.1 Å². The largest absolute Gasteiger partial charge is 0.469 e. The first-order valence-corrected chi connectivity index (χ1v) is 8.13. The van der Waals surface area contributed by atoms with E-state index in [1.54, 1.807) is 0 Å². The van der Waals surface area contributed by atoms with E-state index in [9.17, 15) is 4.79 Å². The lowest BCUT2D eigenvalue weighted by atomic mass is 9.72. The SMILES string of the molecule is CCN1C[C@H](C(=O)OC)C[C@@H]2c3cccc4[nH]cc(c34)C[C@H]21. The molecule has 0 bridgehead atoms. The smallest absolute Gasteiger partial charge is 0.309 e. The molecule has 4 rings (SSSR count). The van der Waals surface area contributed by atoms with Crippen molar-refractivity contribution in [1.82, 2.24) is 9.88 Å². The summed E-state index contributed by atoms with van der Waals surface area (Å²) in [6.07, 6.45) is 4.13. The molecule has 1 aliphatic heterocycles. The lowest BCUT2D eigenvalue weighted by Gasteiger charge is -2.46. The summed E-state index contributed by atoms with van der Waals surface area (Å²) in [5.74, 6) is 0.343. The number of likely N-dealkylation sites (tertiary alicyclic amines) is 1. The minimum absolute atomic E-state index is 0.0121. The van der Waals surface area contributed by atoms with Gasteiger partial charge in [-0.2, -0.15) is 0 Å². The molecule has 116 valence electrons. The molecule has 0 spiro atoms. The molecule has 0 amide bonds. The number of nitrogens with zero attached hydrogens (tertiary/aromatic N) is 1. The van der Waals surface area contributed by atoms with Crippen molar-refractivity contribution in [2.45, 2.75) is 31.7 Å². The highest BCUT2D eigenvalue weighted by molar-refractivity contribution is 5.88. The number of rotatable bonds is 2. The van der Waals surface area contributed by atoms with E-state index in [-0.39, 0.29) is 11.9 Å². The first kappa shape index (κ1) is 13.8. The van der Waals surface area contributed by atoms with Gasteiger partial charge < -0.3 is 9.72 Å². The van der Waals surface area contributed by atoms with Crippen LogP contribution in [0.2, 0.25) is 0 Å². The van der Waals surface area contributed by atoms with Gasteiger partial charge in [-0.15, -0.1) is 0 Å². The third-order valence-electron chi connectivity index (χ3n) is 5.52. The topological polar surface area (TPSA) is 45.3 Å². The van der Waals surface area contributed by atoms with Crippen LogP contribution in [0.3, 0.4) is 0 Å². The van der Waals surface area contributed by atoms with Crippen molar-refractivity contribution >= 4 is 16.9 Å². The number of aromatic nitrogens is 1. The van der Waals surface area contributed by atoms with E-state index in [1.807, 2.05) is 0 Å². The third kappa shape index (κ3) is 1.90. The maximum atomic E-state index is 12.1. The molecule has 1 N–H and O–H groups in total. The molecule has 1 aromatic carbocycles. The molecule has 3 atom stereocenters. The zero-order chi connectivity index (χ0) is 15.3. The standard InChI is InChI=1S/C18H22N2O2/c1-3-20-10-12(18(21)22-2)7-14-13-5-4-6-15-17(13)11(9-19-15)8-16(14)20/h4-6,9,12,14,16,19H,3,7-8,10H2,1-2H3/t12-,14-,16-/m1/s1. The summed E-state index contributed by atoms with van der Waals surface area (Å²) >= 11 is 0. The van der Waals surface area contributed by atoms with E-state index >= 15 is 0 Å². The zero-order valence-electron chi connectivity index (χ0n) is 13.1. The number of aromatic amines is 1. The number of likely N-dealkylation sites (N-methyl/N-ethyl adjacent to an activating group) is 1. The summed E-state index contributed by atoms with van der Waals surface area (Å²) in [5, 5.41) is 1.38. The Labute approximate surface area is 130 Å². The molecule has 1 fully saturated rings. The summed E-state index contributed by atoms with van der Waals surface area (Å²) < 4.78 is 5.02. The molecule has 2 aliphatic rings. The molecule has 2 heterocycles. The summed E-state index contributed by atoms with van der Waals surface area (Å²) in [6, 6.07) is 7.00. The fourth-order valence-electron chi connectivity index (χ4n) is 4.50. The number of esters is 1. The molecule has 1 aliphatic carbocycles. The zero-order valence-corrected chi connectivity index (χ0v) is 13.1. The molecule has 22 heavy (non-hydrogen) atoms. The van der Waals surface area contributed by atoms with E-state index in [2.05, 4.69) is 41.2 Å². The van der Waals surface area contributed by atoms with Crippen molar-refractivity contribution in [2.75, 3.05) is 20.2 Å². The van der Waals surface area contributed by atoms with E-state index in [4.69, 9.17) is 4.74 Å². The highest BCUT2D eigenvalue weighted by Crippen LogP contribution is 2.44. The van der Waals surface area contributed by atoms with Gasteiger partial charge in [-0.25, -0.2) is 0 Å². The second-order valence-corrected chi connectivity index (χ2v) is 6.51. The van der Waals surface area contributed by atoms with Gasteiger partial charge in [0.25, 0.3) is 0 Å². The van der Waals surface area contributed by atoms with Gasteiger partial charge in [0, 0.05) is 35.6 Å². The highest BCUT2D eigenvalue weighted by Gasteiger charge is 2.42. The van der Waals surface area contributed by atoms with Gasteiger partial charge in [-0.05, 0) is 36.6 Å². The van der Waals surface area contributed by atoms with Crippen molar-refractivity contribution in [3.05, 3.63) is 35.5 Å². The van der Waals surface area contributed by atoms with Crippen LogP contribution in [0.1, 0.15) is 30.4 Å². The van der Waals surface area contributed by atoms with Gasteiger partial charge >= 0.3 is 5.97 Å². The van der Waals surface area contributed by atoms with Crippen molar-refractivity contribution in [2.24, 2.45) is 5.92 Å². The Hall–Kier alpha value is -1.81. The van der Waals surface area contributed by atoms with Crippen LogP contribution in [-0.4, -0.2) is 42.1 Å². The van der Waals surface area contributed by atoms with Gasteiger partial charge in [0.05, 0.1) is 13.0 Å². The molecule has 0 saturated carbocycles. The maximum absolute atomic E-state index is 12.1. The molecule has 0 radical (unpaired) electrons. The van der Waals surface area contributed by atoms with E-state index < -0.39 is 0 Å². The number of H-pyrrole nitrogens is 1. The molecular weight excluding hydrogens is 276 g/mol. The average molecular weight is 298 g/mol. The quantitative estimate of drug-likeness (QED) is 0.867. The second kappa shape index (κ2) is 5.13. The van der Waals surface area contributed by atoms with Crippen LogP contribution in [0.25, 0.3) is 10.9 Å². The number of hydrogen-bond acceptors (Lipinski definition) is 3. The number of carbonyl (C=O) groups is 1. The van der Waals surface area contributed by atoms with Crippen LogP contribution >= 0.6 is 0 Å². The van der Waals surface area contributed by atoms with Crippen LogP contribution in [0.15, 0.2) is 24.4 Å². The van der Waals surface area contributed by atoms with Gasteiger partial charge in [0.1, 0.15) is 0 Å². The molecule has 0 unspecified atom stereocenters. The average Bonchev–Trinajstić information content (AvgIpc) is 2.98. The van der Waals surface area contributed by atoms with E-state index in [0.717, 1.165) is 25.9 Å². The summed E-state index contributed by atoms with van der Waals surface area (Å²) in [5.41, 5.74) is 4.04. The molecular formula is C18H22N2O2. The molecule has 2 aromatic rings. The number of fused-ring (bicyclic) bond motifs is 2. The molecule has 4 nitrogen and oxygen atoms in total. The Morgan fingerprint density at radius 2 is 2.32 bits per heavy atom. The number of benzene rings is 1. The number of methoxy groups -OCH3 is 1. The number of nitrogens with one attached hydrogen (secondary N) is 1. The first-order valence-electron chi connectivity index (χ1n) is 8.13. The highest BCUT2D eigenvalue weighted by atomic mass is 16.5. The van der Waals surface area contributed by atoms with Gasteiger partial charge in [0.15, 0.2) is 0 Å². The molecule has 1 aromatic heterocycles. The minimum atomic E-state index is -0.0658. The maximum Gasteiger partial charge on any atom is 0.309 e. The van der Waals surface area contributed by atoms with Crippen LogP contribution in [0.4, 0.5) is 0 Å². The van der Waals surface area contributed by atoms with Gasteiger partial charge in [-0.3, -0.25) is 9.69 Å². The normalized spacial score (nSPS) is 27.6. The van der Waals surface area contributed by atoms with Crippen LogP contribution < -0.4 is 0 Å². The van der Waals surface area contributed by atoms with Crippen LogP contribution in [0, 0.1) is 5.92 Å². The molecule has 1 saturated heterocycles. The van der Waals surface area contributed by atoms with Crippen molar-refractivity contribution in [1.29, 1.82) is 0 Å². The fraction of sp³-hybridized carbons (Fsp3) is 0.500. The Kier molecular flexibility index (Phi) is 3.22. The summed E-state index contributed by atoms with van der Waals surface area (Å²) in [4.78, 5) is 17.9. The minimum Gasteiger partial charge on any atom is -0.469 e. The third-order valence-corrected chi connectivity index (χ3v) is 5.52. The van der Waals surface area contributed by atoms with Crippen LogP contribution in [-0.2, 0) is 16.0 Å². The summed E-state index contributed by atoms with van der Waals surface area (Å²) in [7, 11) is 1.50. The predicted octanol–water partition coefficient (Wildman–Crippen LogP) is 2.69. The lowest BCUT2D eigenvalue weighted by Crippen LogP contribution is -2.51. The van der Waals surface area contributed by atoms with Crippen molar-refractivity contribution < 1.29 is 9.53 Å². The monoisotopic (exact) mass is 298 g/mol. The van der Waals surface area contributed by atoms with Gasteiger partial charge in [0.2, 0.25) is 0 Å². The van der Waals surface area contributed by atoms with E-state index in [0.29, 0.717) is 12.0 Å². The predicted molar refractivity (Wildman–Crippen MR) is 85.9 cm³/mol. The van der Waals surface area contributed by atoms with Crippen LogP contribution in [0.5, 0.6) is 0 Å². The second-order valence-electron chi connectivity index (χ2n) is 6.51. The summed E-state index contributed by atoms with van der Waals surface area (Å²) in [6.45, 7) is 3.98. The van der Waals surface area contributed by atoms with Crippen molar-refractivity contribution in [3.8, 4) is 0 Å². The Balaban J connectivity index is 1.79. The molecule has 4 heteroatoms. The first-order chi connectivity index (χ1) is 10.7. The Morgan fingerprint density at radius 3 is 3.09 bits per heavy atom. The Morgan fingerprint density at radius 1 is 1.45 bits per heavy atom. The number of carbonyl (C=O) groups excluding carboxylic acids is 1. The fourth-order valence-corrected chi connectivity index (χ4v) is 4.50. The van der Waals surface area contributed by atoms with Crippen molar-refractivity contribution in [3.63, 3.8) is 0 Å². The number of ether oxygens (including phenoxy) is 1. The number of hydrogen-bond donors (Lipinski definition) is 1. The number of piperidine rings is 1. The Bertz CT molecular complexity index is 721.